The van der Waals surface area contributed by atoms with Gasteiger partial charge in [-0.15, -0.1) is 11.3 Å². The number of nitrogens with zero attached hydrogens (tertiary/aromatic N) is 3. The first-order chi connectivity index (χ1) is 13.5. The maximum absolute atomic E-state index is 13.2. The smallest absolute Gasteiger partial charge is 0.276 e. The fourth-order valence-corrected chi connectivity index (χ4v) is 4.18. The zero-order valence-electron chi connectivity index (χ0n) is 15.4. The van der Waals surface area contributed by atoms with E-state index < -0.39 is 0 Å². The van der Waals surface area contributed by atoms with Crippen LogP contribution in [0.2, 0.25) is 0 Å². The van der Waals surface area contributed by atoms with Gasteiger partial charge in [0.15, 0.2) is 5.78 Å². The average molecular weight is 394 g/mol. The van der Waals surface area contributed by atoms with Gasteiger partial charge < -0.3 is 9.88 Å². The Balaban J connectivity index is 1.67. The van der Waals surface area contributed by atoms with Gasteiger partial charge in [0.05, 0.1) is 27.3 Å². The van der Waals surface area contributed by atoms with Crippen LogP contribution in [0.3, 0.4) is 0 Å². The summed E-state index contributed by atoms with van der Waals surface area (Å²) >= 11 is 1.28. The number of anilines is 2. The molecular weight excluding hydrogens is 376 g/mol. The molecule has 0 saturated carbocycles. The van der Waals surface area contributed by atoms with Crippen LogP contribution in [0.15, 0.2) is 48.9 Å². The largest absolute Gasteiger partial charge is 0.338 e. The van der Waals surface area contributed by atoms with Crippen molar-refractivity contribution >= 4 is 39.6 Å². The molecule has 0 unspecified atom stereocenters. The van der Waals surface area contributed by atoms with Crippen molar-refractivity contribution in [1.29, 1.82) is 0 Å². The third kappa shape index (κ3) is 3.11. The summed E-state index contributed by atoms with van der Waals surface area (Å²) in [5.41, 5.74) is 1.22. The van der Waals surface area contributed by atoms with E-state index in [-0.39, 0.29) is 23.6 Å². The van der Waals surface area contributed by atoms with Gasteiger partial charge >= 0.3 is 0 Å². The van der Waals surface area contributed by atoms with E-state index in [2.05, 4.69) is 10.3 Å². The summed E-state index contributed by atoms with van der Waals surface area (Å²) in [6.45, 7) is 3.97. The molecule has 3 aromatic heterocycles. The lowest BCUT2D eigenvalue weighted by Crippen LogP contribution is -2.42. The molecular formula is C20H18N4O3S. The summed E-state index contributed by atoms with van der Waals surface area (Å²) in [6, 6.07) is 8.62. The number of pyridine rings is 1. The predicted octanol–water partition coefficient (Wildman–Crippen LogP) is 3.62. The number of aromatic nitrogens is 2. The Labute approximate surface area is 165 Å². The lowest BCUT2D eigenvalue weighted by molar-refractivity contribution is 0.0942. The number of ketones is 1. The standard InChI is InChI=1S/C20H18N4O3S/c1-12-11-24(17-6-5-16(28-17)13(2)25)20(27)18-15(7-9-23(12)18)19(26)22-14-4-3-8-21-10-14/h3-10,12H,11H2,1-2H3,(H,22,26)/t12-/m0/s1. The molecule has 1 N–H and O–H groups in total. The van der Waals surface area contributed by atoms with E-state index in [4.69, 9.17) is 0 Å². The molecule has 0 aliphatic carbocycles. The molecule has 8 heteroatoms. The second kappa shape index (κ2) is 7.05. The molecule has 0 aromatic carbocycles. The fourth-order valence-electron chi connectivity index (χ4n) is 3.27. The lowest BCUT2D eigenvalue weighted by Gasteiger charge is -2.32. The number of hydrogen-bond donors (Lipinski definition) is 1. The Hall–Kier alpha value is -3.26. The van der Waals surface area contributed by atoms with Gasteiger partial charge in [-0.2, -0.15) is 0 Å². The van der Waals surface area contributed by atoms with Gasteiger partial charge in [-0.05, 0) is 44.2 Å². The Morgan fingerprint density at radius 1 is 1.25 bits per heavy atom. The minimum atomic E-state index is -0.361. The van der Waals surface area contributed by atoms with E-state index in [1.165, 1.54) is 18.3 Å². The number of thiophene rings is 1. The summed E-state index contributed by atoms with van der Waals surface area (Å²) in [5, 5.41) is 3.48. The average Bonchev–Trinajstić information content (AvgIpc) is 3.33. The molecule has 0 saturated heterocycles. The van der Waals surface area contributed by atoms with E-state index in [1.807, 2.05) is 11.5 Å². The van der Waals surface area contributed by atoms with Crippen LogP contribution >= 0.6 is 11.3 Å². The second-order valence-electron chi connectivity index (χ2n) is 6.64. The third-order valence-corrected chi connectivity index (χ3v) is 5.86. The zero-order valence-corrected chi connectivity index (χ0v) is 16.2. The van der Waals surface area contributed by atoms with Crippen LogP contribution in [-0.4, -0.2) is 33.7 Å². The minimum absolute atomic E-state index is 0.00415. The third-order valence-electron chi connectivity index (χ3n) is 4.65. The highest BCUT2D eigenvalue weighted by Crippen LogP contribution is 2.33. The lowest BCUT2D eigenvalue weighted by atomic mass is 10.1. The SMILES string of the molecule is CC(=O)c1ccc(N2C[C@H](C)n3ccc(C(=O)Nc4cccnc4)c3C2=O)s1. The molecule has 1 atom stereocenters. The van der Waals surface area contributed by atoms with Gasteiger partial charge in [-0.25, -0.2) is 0 Å². The van der Waals surface area contributed by atoms with Gasteiger partial charge in [0.1, 0.15) is 5.69 Å². The zero-order chi connectivity index (χ0) is 19.8. The summed E-state index contributed by atoms with van der Waals surface area (Å²) in [6.07, 6.45) is 4.93. The van der Waals surface area contributed by atoms with Crippen LogP contribution in [0.5, 0.6) is 0 Å². The van der Waals surface area contributed by atoms with Crippen molar-refractivity contribution in [3.8, 4) is 0 Å². The number of carbonyl (C=O) groups is 3. The van der Waals surface area contributed by atoms with Crippen molar-refractivity contribution in [3.63, 3.8) is 0 Å². The quantitative estimate of drug-likeness (QED) is 0.685. The molecule has 0 fully saturated rings. The highest BCUT2D eigenvalue weighted by atomic mass is 32.1. The van der Waals surface area contributed by atoms with E-state index in [0.29, 0.717) is 33.4 Å². The highest BCUT2D eigenvalue weighted by molar-refractivity contribution is 7.18. The van der Waals surface area contributed by atoms with Crippen LogP contribution in [-0.2, 0) is 0 Å². The Bertz CT molecular complexity index is 1070. The molecule has 4 heterocycles. The van der Waals surface area contributed by atoms with Gasteiger partial charge in [-0.1, -0.05) is 0 Å². The number of nitrogens with one attached hydrogen (secondary N) is 1. The number of carbonyl (C=O) groups excluding carboxylic acids is 3. The molecule has 3 aromatic rings. The van der Waals surface area contributed by atoms with Crippen molar-refractivity contribution < 1.29 is 14.4 Å². The van der Waals surface area contributed by atoms with Crippen molar-refractivity contribution in [1.82, 2.24) is 9.55 Å². The van der Waals surface area contributed by atoms with Crippen LogP contribution < -0.4 is 10.2 Å². The summed E-state index contributed by atoms with van der Waals surface area (Å²) in [5.74, 6) is -0.648. The molecule has 0 radical (unpaired) electrons. The molecule has 1 aliphatic heterocycles. The minimum Gasteiger partial charge on any atom is -0.338 e. The molecule has 4 rings (SSSR count). The molecule has 2 amide bonds. The number of amides is 2. The number of Topliss-reactive ketones (excluding diaryl/α,β-unsaturated/α-hetero) is 1. The van der Waals surface area contributed by atoms with Gasteiger partial charge in [0.2, 0.25) is 0 Å². The van der Waals surface area contributed by atoms with Crippen molar-refractivity contribution in [3.05, 3.63) is 65.1 Å². The first-order valence-electron chi connectivity index (χ1n) is 8.80. The first-order valence-corrected chi connectivity index (χ1v) is 9.62. The van der Waals surface area contributed by atoms with E-state index >= 15 is 0 Å². The molecule has 7 nitrogen and oxygen atoms in total. The monoisotopic (exact) mass is 394 g/mol. The Kier molecular flexibility index (Phi) is 4.56. The summed E-state index contributed by atoms with van der Waals surface area (Å²) in [7, 11) is 0. The molecule has 142 valence electrons. The molecule has 28 heavy (non-hydrogen) atoms. The van der Waals surface area contributed by atoms with Crippen LogP contribution in [0, 0.1) is 0 Å². The fraction of sp³-hybridized carbons (Fsp3) is 0.200. The van der Waals surface area contributed by atoms with Gasteiger partial charge in [0.25, 0.3) is 11.8 Å². The van der Waals surface area contributed by atoms with Crippen LogP contribution in [0.4, 0.5) is 10.7 Å². The number of rotatable bonds is 4. The van der Waals surface area contributed by atoms with E-state index in [0.717, 1.165) is 0 Å². The highest BCUT2D eigenvalue weighted by Gasteiger charge is 2.34. The van der Waals surface area contributed by atoms with Crippen molar-refractivity contribution in [2.45, 2.75) is 19.9 Å². The normalized spacial score (nSPS) is 16.0. The van der Waals surface area contributed by atoms with Crippen LogP contribution in [0.25, 0.3) is 0 Å². The molecule has 1 aliphatic rings. The maximum Gasteiger partial charge on any atom is 0.276 e. The summed E-state index contributed by atoms with van der Waals surface area (Å²) in [4.78, 5) is 43.8. The maximum atomic E-state index is 13.2. The topological polar surface area (TPSA) is 84.3 Å². The summed E-state index contributed by atoms with van der Waals surface area (Å²) < 4.78 is 1.83. The Morgan fingerprint density at radius 2 is 2.07 bits per heavy atom. The number of fused-ring (bicyclic) bond motifs is 1. The van der Waals surface area contributed by atoms with Gasteiger partial charge in [-0.3, -0.25) is 24.3 Å². The van der Waals surface area contributed by atoms with Gasteiger partial charge in [0, 0.05) is 25.0 Å². The first kappa shape index (κ1) is 18.1. The van der Waals surface area contributed by atoms with Crippen molar-refractivity contribution in [2.75, 3.05) is 16.8 Å². The van der Waals surface area contributed by atoms with Crippen molar-refractivity contribution in [2.24, 2.45) is 0 Å². The Morgan fingerprint density at radius 3 is 2.75 bits per heavy atom. The number of hydrogen-bond acceptors (Lipinski definition) is 5. The van der Waals surface area contributed by atoms with E-state index in [9.17, 15) is 14.4 Å². The predicted molar refractivity (Wildman–Crippen MR) is 107 cm³/mol. The van der Waals surface area contributed by atoms with Crippen LogP contribution in [0.1, 0.15) is 50.4 Å². The molecule has 0 bridgehead atoms. The van der Waals surface area contributed by atoms with E-state index in [1.54, 1.807) is 53.8 Å². The molecule has 0 spiro atoms. The second-order valence-corrected chi connectivity index (χ2v) is 7.70.